The molecule has 1 fully saturated rings. The van der Waals surface area contributed by atoms with Crippen molar-refractivity contribution in [2.24, 2.45) is 5.84 Å². The molecular formula is C8H15N5O2S3. The van der Waals surface area contributed by atoms with E-state index < -0.39 is 15.2 Å². The van der Waals surface area contributed by atoms with E-state index in [2.05, 4.69) is 15.6 Å². The van der Waals surface area contributed by atoms with Gasteiger partial charge in [-0.25, -0.2) is 14.3 Å². The number of hydrogen-bond acceptors (Lipinski definition) is 9. The van der Waals surface area contributed by atoms with Gasteiger partial charge in [0.2, 0.25) is 5.13 Å². The summed E-state index contributed by atoms with van der Waals surface area (Å²) in [6.07, 6.45) is 1.28. The Hall–Kier alpha value is -0.420. The second-order valence-corrected chi connectivity index (χ2v) is 8.39. The maximum atomic E-state index is 11.7. The predicted molar refractivity (Wildman–Crippen MR) is 74.1 cm³/mol. The Balaban J connectivity index is 2.10. The Morgan fingerprint density at radius 1 is 1.56 bits per heavy atom. The van der Waals surface area contributed by atoms with Gasteiger partial charge in [0.1, 0.15) is 10.4 Å². The second-order valence-electron chi connectivity index (χ2n) is 3.97. The van der Waals surface area contributed by atoms with Crippen LogP contribution in [0.5, 0.6) is 0 Å². The van der Waals surface area contributed by atoms with Crippen LogP contribution in [0.25, 0.3) is 0 Å². The topological polar surface area (TPSA) is 101 Å². The molecule has 7 nitrogen and oxygen atoms in total. The Morgan fingerprint density at radius 3 is 2.94 bits per heavy atom. The van der Waals surface area contributed by atoms with Crippen molar-refractivity contribution in [3.05, 3.63) is 5.01 Å². The van der Waals surface area contributed by atoms with Crippen LogP contribution < -0.4 is 11.3 Å². The minimum atomic E-state index is -3.07. The summed E-state index contributed by atoms with van der Waals surface area (Å²) in [6, 6.07) is 0. The zero-order chi connectivity index (χ0) is 13.2. The number of nitrogens with one attached hydrogen (secondary N) is 1. The van der Waals surface area contributed by atoms with Crippen LogP contribution >= 0.6 is 23.1 Å². The van der Waals surface area contributed by atoms with E-state index in [1.54, 1.807) is 11.8 Å². The van der Waals surface area contributed by atoms with Gasteiger partial charge >= 0.3 is 0 Å². The standard InChI is InChI=1S/C8H15N5O2S3/c1-18(14,15)7-5-16-3-2-13(7)4-6-11-12-8(10-9)17-6/h7H,2-5,9H2,1H3,(H,10,12). The zero-order valence-electron chi connectivity index (χ0n) is 9.87. The molecule has 1 aliphatic rings. The molecule has 0 saturated carbocycles. The van der Waals surface area contributed by atoms with Crippen molar-refractivity contribution in [2.75, 3.05) is 29.7 Å². The Bertz CT molecular complexity index is 503. The van der Waals surface area contributed by atoms with Crippen LogP contribution in [0.15, 0.2) is 0 Å². The lowest BCUT2D eigenvalue weighted by Crippen LogP contribution is -2.46. The maximum Gasteiger partial charge on any atom is 0.219 e. The fourth-order valence-corrected chi connectivity index (χ4v) is 5.36. The van der Waals surface area contributed by atoms with E-state index in [1.165, 1.54) is 17.6 Å². The summed E-state index contributed by atoms with van der Waals surface area (Å²) in [5, 5.41) is 8.68. The molecule has 1 aliphatic heterocycles. The number of nitrogens with two attached hydrogens (primary N) is 1. The van der Waals surface area contributed by atoms with Crippen LogP contribution in [-0.2, 0) is 16.4 Å². The number of nitrogens with zero attached hydrogens (tertiary/aromatic N) is 3. The highest BCUT2D eigenvalue weighted by molar-refractivity contribution is 8.00. The lowest BCUT2D eigenvalue weighted by molar-refractivity contribution is 0.261. The summed E-state index contributed by atoms with van der Waals surface area (Å²) in [5.74, 6) is 6.79. The van der Waals surface area contributed by atoms with Gasteiger partial charge in [0, 0.05) is 24.3 Å². The van der Waals surface area contributed by atoms with E-state index in [0.717, 1.165) is 17.3 Å². The monoisotopic (exact) mass is 309 g/mol. The van der Waals surface area contributed by atoms with Gasteiger partial charge in [-0.2, -0.15) is 11.8 Å². The Kier molecular flexibility index (Phi) is 4.43. The highest BCUT2D eigenvalue weighted by Gasteiger charge is 2.31. The fraction of sp³-hybridized carbons (Fsp3) is 0.750. The second kappa shape index (κ2) is 5.70. The molecule has 0 aliphatic carbocycles. The van der Waals surface area contributed by atoms with E-state index in [9.17, 15) is 8.42 Å². The SMILES string of the molecule is CS(=O)(=O)C1CSCCN1Cc1nnc(NN)s1. The molecule has 0 spiro atoms. The van der Waals surface area contributed by atoms with E-state index in [1.807, 2.05) is 4.90 Å². The summed E-state index contributed by atoms with van der Waals surface area (Å²) in [4.78, 5) is 1.94. The van der Waals surface area contributed by atoms with Crippen LogP contribution in [0, 0.1) is 0 Å². The van der Waals surface area contributed by atoms with E-state index in [4.69, 9.17) is 5.84 Å². The lowest BCUT2D eigenvalue weighted by Gasteiger charge is -2.33. The molecule has 102 valence electrons. The van der Waals surface area contributed by atoms with Gasteiger partial charge in [0.05, 0.1) is 6.54 Å². The zero-order valence-corrected chi connectivity index (χ0v) is 12.3. The van der Waals surface area contributed by atoms with Crippen LogP contribution in [0.3, 0.4) is 0 Å². The van der Waals surface area contributed by atoms with E-state index in [0.29, 0.717) is 17.4 Å². The van der Waals surface area contributed by atoms with Gasteiger partial charge in [-0.05, 0) is 0 Å². The average Bonchev–Trinajstić information content (AvgIpc) is 2.76. The number of rotatable bonds is 4. The molecular weight excluding hydrogens is 294 g/mol. The number of thioether (sulfide) groups is 1. The number of hydrazine groups is 1. The van der Waals surface area contributed by atoms with Gasteiger partial charge in [-0.3, -0.25) is 10.3 Å². The van der Waals surface area contributed by atoms with Crippen LogP contribution in [0.4, 0.5) is 5.13 Å². The number of anilines is 1. The Labute approximate surface area is 114 Å². The lowest BCUT2D eigenvalue weighted by atomic mass is 10.4. The van der Waals surface area contributed by atoms with Crippen LogP contribution in [0.2, 0.25) is 0 Å². The summed E-state index contributed by atoms with van der Waals surface area (Å²) >= 11 is 3.01. The molecule has 1 aromatic heterocycles. The Morgan fingerprint density at radius 2 is 2.33 bits per heavy atom. The van der Waals surface area contributed by atoms with E-state index >= 15 is 0 Å². The first-order valence-electron chi connectivity index (χ1n) is 5.30. The average molecular weight is 309 g/mol. The molecule has 10 heteroatoms. The summed E-state index contributed by atoms with van der Waals surface area (Å²) in [6.45, 7) is 1.24. The molecule has 1 aromatic rings. The minimum Gasteiger partial charge on any atom is -0.298 e. The van der Waals surface area contributed by atoms with Crippen LogP contribution in [0.1, 0.15) is 5.01 Å². The molecule has 3 N–H and O–H groups in total. The third kappa shape index (κ3) is 3.32. The van der Waals surface area contributed by atoms with Crippen LogP contribution in [-0.4, -0.2) is 53.2 Å². The molecule has 0 aromatic carbocycles. The van der Waals surface area contributed by atoms with Crippen molar-refractivity contribution >= 4 is 38.1 Å². The van der Waals surface area contributed by atoms with Gasteiger partial charge in [0.25, 0.3) is 0 Å². The first-order chi connectivity index (χ1) is 8.50. The van der Waals surface area contributed by atoms with Crippen molar-refractivity contribution in [3.63, 3.8) is 0 Å². The quantitative estimate of drug-likeness (QED) is 0.580. The van der Waals surface area contributed by atoms with Gasteiger partial charge in [0.15, 0.2) is 9.84 Å². The molecule has 2 rings (SSSR count). The summed E-state index contributed by atoms with van der Waals surface area (Å²) < 4.78 is 23.5. The fourth-order valence-electron chi connectivity index (χ4n) is 1.74. The van der Waals surface area contributed by atoms with Crippen molar-refractivity contribution < 1.29 is 8.42 Å². The normalized spacial score (nSPS) is 22.0. The number of nitrogen functional groups attached to an aromatic ring is 1. The number of hydrogen-bond donors (Lipinski definition) is 2. The largest absolute Gasteiger partial charge is 0.298 e. The third-order valence-corrected chi connectivity index (χ3v) is 6.14. The van der Waals surface area contributed by atoms with E-state index in [-0.39, 0.29) is 0 Å². The molecule has 1 unspecified atom stereocenters. The maximum absolute atomic E-state index is 11.7. The van der Waals surface area contributed by atoms with Gasteiger partial charge in [-0.15, -0.1) is 10.2 Å². The van der Waals surface area contributed by atoms with Gasteiger partial charge < -0.3 is 0 Å². The summed E-state index contributed by atoms with van der Waals surface area (Å²) in [7, 11) is -3.07. The first-order valence-corrected chi connectivity index (χ1v) is 9.23. The molecule has 18 heavy (non-hydrogen) atoms. The number of aromatic nitrogens is 2. The highest BCUT2D eigenvalue weighted by atomic mass is 32.2. The highest BCUT2D eigenvalue weighted by Crippen LogP contribution is 2.24. The summed E-state index contributed by atoms with van der Waals surface area (Å²) in [5.41, 5.74) is 2.43. The molecule has 0 radical (unpaired) electrons. The third-order valence-electron chi connectivity index (χ3n) is 2.61. The smallest absolute Gasteiger partial charge is 0.219 e. The number of sulfone groups is 1. The molecule has 1 saturated heterocycles. The first kappa shape index (κ1) is 14.0. The van der Waals surface area contributed by atoms with Gasteiger partial charge in [-0.1, -0.05) is 11.3 Å². The molecule has 0 bridgehead atoms. The molecule has 2 heterocycles. The minimum absolute atomic E-state index is 0.436. The van der Waals surface area contributed by atoms with Crippen molar-refractivity contribution in [1.82, 2.24) is 15.1 Å². The predicted octanol–water partition coefficient (Wildman–Crippen LogP) is -0.257. The van der Waals surface area contributed by atoms with Crippen molar-refractivity contribution in [1.29, 1.82) is 0 Å². The molecule has 0 amide bonds. The van der Waals surface area contributed by atoms with Crippen molar-refractivity contribution in [3.8, 4) is 0 Å². The van der Waals surface area contributed by atoms with Crippen molar-refractivity contribution in [2.45, 2.75) is 11.9 Å². The molecule has 1 atom stereocenters.